The predicted octanol–water partition coefficient (Wildman–Crippen LogP) is 5.49. The van der Waals surface area contributed by atoms with Crippen LogP contribution in [0.25, 0.3) is 0 Å². The van der Waals surface area contributed by atoms with E-state index in [9.17, 15) is 9.59 Å². The lowest BCUT2D eigenvalue weighted by Crippen LogP contribution is -2.51. The lowest BCUT2D eigenvalue weighted by Gasteiger charge is -2.40. The van der Waals surface area contributed by atoms with Crippen LogP contribution in [0.5, 0.6) is 11.5 Å². The molecule has 6 nitrogen and oxygen atoms in total. The number of methoxy groups -OCH3 is 1. The first-order chi connectivity index (χ1) is 17.6. The second kappa shape index (κ2) is 12.8. The average Bonchev–Trinajstić information content (AvgIpc) is 2.91. The van der Waals surface area contributed by atoms with Crippen molar-refractivity contribution in [3.05, 3.63) is 59.7 Å². The molecular weight excluding hydrogens is 452 g/mol. The number of para-hydroxylation sites is 2. The Morgan fingerprint density at radius 2 is 1.67 bits per heavy atom. The van der Waals surface area contributed by atoms with Gasteiger partial charge in [0.15, 0.2) is 0 Å². The van der Waals surface area contributed by atoms with E-state index in [0.29, 0.717) is 24.2 Å². The van der Waals surface area contributed by atoms with Gasteiger partial charge in [-0.2, -0.15) is 0 Å². The second-order valence-electron chi connectivity index (χ2n) is 10.0. The molecule has 6 heteroatoms. The predicted molar refractivity (Wildman–Crippen MR) is 142 cm³/mol. The Morgan fingerprint density at radius 3 is 2.50 bits per heavy atom. The maximum absolute atomic E-state index is 13.7. The highest BCUT2D eigenvalue weighted by Gasteiger charge is 2.35. The van der Waals surface area contributed by atoms with Crippen LogP contribution in [-0.2, 0) is 11.2 Å². The number of hydrogen-bond donors (Lipinski definition) is 0. The third-order valence-corrected chi connectivity index (χ3v) is 7.57. The molecule has 0 spiro atoms. The highest BCUT2D eigenvalue weighted by atomic mass is 16.5. The smallest absolute Gasteiger partial charge is 0.257 e. The highest BCUT2D eigenvalue weighted by Crippen LogP contribution is 2.31. The van der Waals surface area contributed by atoms with Crippen molar-refractivity contribution in [2.45, 2.75) is 76.4 Å². The van der Waals surface area contributed by atoms with Gasteiger partial charge in [-0.15, -0.1) is 0 Å². The van der Waals surface area contributed by atoms with Crippen LogP contribution < -0.4 is 9.47 Å². The summed E-state index contributed by atoms with van der Waals surface area (Å²) in [6.45, 7) is 1.48. The van der Waals surface area contributed by atoms with E-state index in [0.717, 1.165) is 75.8 Å². The first-order valence-corrected chi connectivity index (χ1v) is 13.5. The van der Waals surface area contributed by atoms with Crippen molar-refractivity contribution >= 4 is 11.8 Å². The summed E-state index contributed by atoms with van der Waals surface area (Å²) in [5, 5.41) is 0. The van der Waals surface area contributed by atoms with Gasteiger partial charge in [0.2, 0.25) is 5.91 Å². The number of fused-ring (bicyclic) bond motifs is 2. The highest BCUT2D eigenvalue weighted by molar-refractivity contribution is 5.96. The summed E-state index contributed by atoms with van der Waals surface area (Å²) in [6.07, 6.45) is 8.99. The molecule has 1 heterocycles. The van der Waals surface area contributed by atoms with Crippen LogP contribution in [0.1, 0.15) is 73.7 Å². The molecule has 0 saturated heterocycles. The first-order valence-electron chi connectivity index (χ1n) is 13.5. The van der Waals surface area contributed by atoms with Crippen molar-refractivity contribution in [2.75, 3.05) is 27.2 Å². The molecule has 1 aliphatic heterocycles. The summed E-state index contributed by atoms with van der Waals surface area (Å²) in [5.41, 5.74) is 1.67. The van der Waals surface area contributed by atoms with E-state index < -0.39 is 0 Å². The Labute approximate surface area is 215 Å². The van der Waals surface area contributed by atoms with Crippen molar-refractivity contribution in [2.24, 2.45) is 0 Å². The number of benzene rings is 2. The molecule has 36 heavy (non-hydrogen) atoms. The number of ether oxygens (including phenoxy) is 2. The molecule has 2 aromatic carbocycles. The monoisotopic (exact) mass is 492 g/mol. The number of amides is 2. The summed E-state index contributed by atoms with van der Waals surface area (Å²) < 4.78 is 12.1. The van der Waals surface area contributed by atoms with E-state index in [-0.39, 0.29) is 24.0 Å². The van der Waals surface area contributed by atoms with Gasteiger partial charge < -0.3 is 19.3 Å². The molecule has 1 aliphatic carbocycles. The zero-order chi connectivity index (χ0) is 25.3. The minimum atomic E-state index is -0.115. The van der Waals surface area contributed by atoms with Gasteiger partial charge in [0.1, 0.15) is 17.6 Å². The molecule has 0 aromatic heterocycles. The second-order valence-corrected chi connectivity index (χ2v) is 10.0. The molecule has 2 amide bonds. The number of nitrogens with zero attached hydrogens (tertiary/aromatic N) is 2. The Hall–Kier alpha value is -3.02. The van der Waals surface area contributed by atoms with Crippen LogP contribution in [0, 0.1) is 0 Å². The SMILES string of the molecule is COc1ccccc1CCC(=O)N1CCCCCCN(C)C(=O)c2ccccc2O[C@H]2CCCC[C@H]21. The number of carbonyl (C=O) groups is 2. The molecular formula is C30H40N2O4. The Morgan fingerprint density at radius 1 is 0.944 bits per heavy atom. The van der Waals surface area contributed by atoms with Crippen molar-refractivity contribution in [3.63, 3.8) is 0 Å². The largest absolute Gasteiger partial charge is 0.496 e. The van der Waals surface area contributed by atoms with Crippen LogP contribution in [-0.4, -0.2) is 61.0 Å². The summed E-state index contributed by atoms with van der Waals surface area (Å²) in [7, 11) is 3.54. The fourth-order valence-corrected chi connectivity index (χ4v) is 5.54. The quantitative estimate of drug-likeness (QED) is 0.566. The van der Waals surface area contributed by atoms with Gasteiger partial charge in [-0.3, -0.25) is 9.59 Å². The number of rotatable bonds is 4. The van der Waals surface area contributed by atoms with Gasteiger partial charge >= 0.3 is 0 Å². The van der Waals surface area contributed by atoms with Crippen LogP contribution in [0.15, 0.2) is 48.5 Å². The molecule has 0 bridgehead atoms. The van der Waals surface area contributed by atoms with Crippen molar-refractivity contribution in [1.29, 1.82) is 0 Å². The standard InChI is InChI=1S/C30H40N2O4/c1-31-21-11-3-4-12-22-32(29(33)20-19-23-13-5-8-16-26(23)35-2)25-15-7-10-18-28(25)36-27-17-9-6-14-24(27)30(31)34/h5-6,8-9,13-14,16-17,25,28H,3-4,7,10-12,15,18-22H2,1-2H3/t25-,28+/m1/s1. The zero-order valence-corrected chi connectivity index (χ0v) is 21.8. The molecule has 4 rings (SSSR count). The van der Waals surface area contributed by atoms with Gasteiger partial charge in [0.25, 0.3) is 5.91 Å². The zero-order valence-electron chi connectivity index (χ0n) is 21.8. The molecule has 0 N–H and O–H groups in total. The van der Waals surface area contributed by atoms with Gasteiger partial charge in [0.05, 0.1) is 18.7 Å². The third kappa shape index (κ3) is 6.40. The van der Waals surface area contributed by atoms with Crippen LogP contribution >= 0.6 is 0 Å². The molecule has 0 unspecified atom stereocenters. The van der Waals surface area contributed by atoms with E-state index >= 15 is 0 Å². The van der Waals surface area contributed by atoms with E-state index in [4.69, 9.17) is 9.47 Å². The van der Waals surface area contributed by atoms with Gasteiger partial charge in [-0.1, -0.05) is 49.6 Å². The van der Waals surface area contributed by atoms with Crippen molar-refractivity contribution in [3.8, 4) is 11.5 Å². The van der Waals surface area contributed by atoms with Gasteiger partial charge in [0, 0.05) is 26.6 Å². The Balaban J connectivity index is 1.57. The summed E-state index contributed by atoms with van der Waals surface area (Å²) in [6, 6.07) is 15.5. The molecule has 2 atom stereocenters. The molecule has 2 aliphatic rings. The molecule has 2 aromatic rings. The van der Waals surface area contributed by atoms with Gasteiger partial charge in [-0.25, -0.2) is 0 Å². The van der Waals surface area contributed by atoms with Gasteiger partial charge in [-0.05, 0) is 62.3 Å². The molecule has 1 saturated carbocycles. The van der Waals surface area contributed by atoms with Crippen LogP contribution in [0.4, 0.5) is 0 Å². The number of hydrogen-bond acceptors (Lipinski definition) is 4. The number of carbonyl (C=O) groups excluding carboxylic acids is 2. The van der Waals surface area contributed by atoms with Crippen molar-refractivity contribution < 1.29 is 19.1 Å². The number of aryl methyl sites for hydroxylation is 1. The van der Waals surface area contributed by atoms with E-state index in [1.54, 1.807) is 12.0 Å². The first kappa shape index (κ1) is 26.1. The molecule has 1 fully saturated rings. The Kier molecular flexibility index (Phi) is 9.26. The minimum Gasteiger partial charge on any atom is -0.496 e. The van der Waals surface area contributed by atoms with E-state index in [1.807, 2.05) is 55.6 Å². The maximum Gasteiger partial charge on any atom is 0.257 e. The lowest BCUT2D eigenvalue weighted by atomic mass is 9.90. The fraction of sp³-hybridized carbons (Fsp3) is 0.533. The van der Waals surface area contributed by atoms with Crippen molar-refractivity contribution in [1.82, 2.24) is 9.80 Å². The lowest BCUT2D eigenvalue weighted by molar-refractivity contribution is -0.136. The van der Waals surface area contributed by atoms with E-state index in [2.05, 4.69) is 4.90 Å². The third-order valence-electron chi connectivity index (χ3n) is 7.57. The average molecular weight is 493 g/mol. The fourth-order valence-electron chi connectivity index (χ4n) is 5.54. The summed E-state index contributed by atoms with van der Waals surface area (Å²) in [5.74, 6) is 1.64. The summed E-state index contributed by atoms with van der Waals surface area (Å²) >= 11 is 0. The normalized spacial score (nSPS) is 21.6. The van der Waals surface area contributed by atoms with Crippen LogP contribution in [0.2, 0.25) is 0 Å². The topological polar surface area (TPSA) is 59.1 Å². The summed E-state index contributed by atoms with van der Waals surface area (Å²) in [4.78, 5) is 30.8. The maximum atomic E-state index is 13.7. The van der Waals surface area contributed by atoms with Crippen LogP contribution in [0.3, 0.4) is 0 Å². The minimum absolute atomic E-state index is 0.000222. The molecule has 0 radical (unpaired) electrons. The van der Waals surface area contributed by atoms with E-state index in [1.165, 1.54) is 0 Å². The Bertz CT molecular complexity index is 1020. The molecule has 194 valence electrons.